The average molecular weight is 229 g/mol. The Morgan fingerprint density at radius 2 is 2.00 bits per heavy atom. The Kier molecular flexibility index (Phi) is 2.11. The molecule has 84 valence electrons. The van der Waals surface area contributed by atoms with Gasteiger partial charge < -0.3 is 10.7 Å². The summed E-state index contributed by atoms with van der Waals surface area (Å²) in [6.45, 7) is 0. The minimum absolute atomic E-state index is 0.0207. The van der Waals surface area contributed by atoms with E-state index in [1.807, 2.05) is 0 Å². The Balaban J connectivity index is 2.93. The second-order valence-electron chi connectivity index (χ2n) is 3.15. The molecule has 1 aromatic carbocycles. The van der Waals surface area contributed by atoms with Crippen LogP contribution in [0.25, 0.3) is 10.9 Å². The van der Waals surface area contributed by atoms with Crippen LogP contribution >= 0.6 is 0 Å². The summed E-state index contributed by atoms with van der Waals surface area (Å²) in [6.07, 6.45) is -4.53. The van der Waals surface area contributed by atoms with Crippen molar-refractivity contribution in [2.45, 2.75) is 6.18 Å². The van der Waals surface area contributed by atoms with Gasteiger partial charge in [0.1, 0.15) is 5.82 Å². The van der Waals surface area contributed by atoms with Crippen LogP contribution in [0.1, 0.15) is 5.56 Å². The van der Waals surface area contributed by atoms with Crippen LogP contribution in [0.2, 0.25) is 0 Å². The molecule has 3 N–H and O–H groups in total. The van der Waals surface area contributed by atoms with E-state index in [0.29, 0.717) is 0 Å². The third-order valence-corrected chi connectivity index (χ3v) is 2.09. The summed E-state index contributed by atoms with van der Waals surface area (Å²) in [6, 6.07) is 3.42. The Labute approximate surface area is 86.9 Å². The monoisotopic (exact) mass is 229 g/mol. The molecular formula is C9H6F3N3O. The second-order valence-corrected chi connectivity index (χ2v) is 3.15. The summed E-state index contributed by atoms with van der Waals surface area (Å²) in [4.78, 5) is 16.4. The van der Waals surface area contributed by atoms with Gasteiger partial charge >= 0.3 is 11.9 Å². The van der Waals surface area contributed by atoms with Crippen LogP contribution < -0.4 is 11.4 Å². The number of H-pyrrole nitrogens is 1. The van der Waals surface area contributed by atoms with Gasteiger partial charge in [0.2, 0.25) is 0 Å². The molecule has 0 spiro atoms. The van der Waals surface area contributed by atoms with E-state index < -0.39 is 23.2 Å². The first-order chi connectivity index (χ1) is 7.39. The van der Waals surface area contributed by atoms with Crippen molar-refractivity contribution in [2.75, 3.05) is 5.73 Å². The fourth-order valence-electron chi connectivity index (χ4n) is 1.48. The van der Waals surface area contributed by atoms with Crippen LogP contribution in [-0.4, -0.2) is 9.97 Å². The molecule has 4 nitrogen and oxygen atoms in total. The van der Waals surface area contributed by atoms with Gasteiger partial charge in [-0.3, -0.25) is 0 Å². The van der Waals surface area contributed by atoms with Crippen molar-refractivity contribution in [3.63, 3.8) is 0 Å². The topological polar surface area (TPSA) is 71.8 Å². The molecule has 0 saturated carbocycles. The Morgan fingerprint density at radius 1 is 1.31 bits per heavy atom. The molecule has 0 fully saturated rings. The standard InChI is InChI=1S/C9H6F3N3O/c10-9(11,12)4-2-1-3-5-6(4)7(13)15-8(16)14-5/h1-3H,(H3,13,14,15,16). The number of anilines is 1. The summed E-state index contributed by atoms with van der Waals surface area (Å²) < 4.78 is 37.9. The van der Waals surface area contributed by atoms with E-state index in [1.165, 1.54) is 12.1 Å². The molecule has 2 rings (SSSR count). The number of aromatic amines is 1. The second kappa shape index (κ2) is 3.22. The van der Waals surface area contributed by atoms with Crippen molar-refractivity contribution in [1.29, 1.82) is 0 Å². The first-order valence-electron chi connectivity index (χ1n) is 4.25. The lowest BCUT2D eigenvalue weighted by atomic mass is 10.1. The number of halogens is 3. The predicted octanol–water partition coefficient (Wildman–Crippen LogP) is 1.52. The maximum absolute atomic E-state index is 12.6. The number of benzene rings is 1. The number of nitrogens with two attached hydrogens (primary N) is 1. The van der Waals surface area contributed by atoms with E-state index in [1.54, 1.807) is 0 Å². The summed E-state index contributed by atoms with van der Waals surface area (Å²) in [7, 11) is 0. The van der Waals surface area contributed by atoms with Crippen molar-refractivity contribution in [3.8, 4) is 0 Å². The smallest absolute Gasteiger partial charge is 0.383 e. The van der Waals surface area contributed by atoms with Gasteiger partial charge in [0, 0.05) is 0 Å². The maximum Gasteiger partial charge on any atom is 0.417 e. The van der Waals surface area contributed by atoms with Crippen molar-refractivity contribution in [1.82, 2.24) is 9.97 Å². The minimum atomic E-state index is -4.53. The number of nitrogens with zero attached hydrogens (tertiary/aromatic N) is 1. The molecule has 0 aliphatic heterocycles. The zero-order chi connectivity index (χ0) is 11.9. The largest absolute Gasteiger partial charge is 0.417 e. The van der Waals surface area contributed by atoms with Crippen molar-refractivity contribution in [3.05, 3.63) is 34.2 Å². The van der Waals surface area contributed by atoms with E-state index in [0.717, 1.165) is 6.07 Å². The summed E-state index contributed by atoms with van der Waals surface area (Å²) in [5.74, 6) is -0.424. The van der Waals surface area contributed by atoms with E-state index >= 15 is 0 Å². The highest BCUT2D eigenvalue weighted by atomic mass is 19.4. The number of hydrogen-bond acceptors (Lipinski definition) is 3. The first-order valence-corrected chi connectivity index (χ1v) is 4.25. The number of aromatic nitrogens is 2. The van der Waals surface area contributed by atoms with E-state index in [2.05, 4.69) is 9.97 Å². The summed E-state index contributed by atoms with van der Waals surface area (Å²) in [5, 5.41) is -0.283. The van der Waals surface area contributed by atoms with Gasteiger partial charge in [-0.2, -0.15) is 18.2 Å². The van der Waals surface area contributed by atoms with Gasteiger partial charge in [-0.15, -0.1) is 0 Å². The molecule has 0 unspecified atom stereocenters. The summed E-state index contributed by atoms with van der Waals surface area (Å²) >= 11 is 0. The van der Waals surface area contributed by atoms with Crippen molar-refractivity contribution >= 4 is 16.7 Å². The molecule has 0 aliphatic carbocycles. The van der Waals surface area contributed by atoms with Gasteiger partial charge in [0.05, 0.1) is 16.5 Å². The minimum Gasteiger partial charge on any atom is -0.383 e. The third-order valence-electron chi connectivity index (χ3n) is 2.09. The zero-order valence-corrected chi connectivity index (χ0v) is 7.80. The van der Waals surface area contributed by atoms with Gasteiger partial charge in [0.15, 0.2) is 0 Å². The Bertz CT molecular complexity index is 603. The van der Waals surface area contributed by atoms with Crippen LogP contribution in [0.3, 0.4) is 0 Å². The zero-order valence-electron chi connectivity index (χ0n) is 7.80. The fourth-order valence-corrected chi connectivity index (χ4v) is 1.48. The van der Waals surface area contributed by atoms with Gasteiger partial charge in [-0.05, 0) is 12.1 Å². The molecule has 0 radical (unpaired) electrons. The Morgan fingerprint density at radius 3 is 2.62 bits per heavy atom. The van der Waals surface area contributed by atoms with E-state index in [9.17, 15) is 18.0 Å². The highest BCUT2D eigenvalue weighted by Crippen LogP contribution is 2.35. The fraction of sp³-hybridized carbons (Fsp3) is 0.111. The molecule has 16 heavy (non-hydrogen) atoms. The molecule has 0 aliphatic rings. The maximum atomic E-state index is 12.6. The third kappa shape index (κ3) is 1.60. The van der Waals surface area contributed by atoms with Gasteiger partial charge in [0.25, 0.3) is 0 Å². The number of hydrogen-bond donors (Lipinski definition) is 2. The van der Waals surface area contributed by atoms with Crippen molar-refractivity contribution in [2.24, 2.45) is 0 Å². The van der Waals surface area contributed by atoms with Crippen LogP contribution in [-0.2, 0) is 6.18 Å². The lowest BCUT2D eigenvalue weighted by Gasteiger charge is -2.10. The molecule has 1 heterocycles. The van der Waals surface area contributed by atoms with Crippen LogP contribution in [0.15, 0.2) is 23.0 Å². The molecule has 1 aromatic heterocycles. The normalized spacial score (nSPS) is 11.9. The molecule has 7 heteroatoms. The number of rotatable bonds is 0. The molecule has 0 bridgehead atoms. The average Bonchev–Trinajstić information content (AvgIpc) is 2.14. The quantitative estimate of drug-likeness (QED) is 0.719. The van der Waals surface area contributed by atoms with Gasteiger partial charge in [-0.25, -0.2) is 4.79 Å². The van der Waals surface area contributed by atoms with E-state index in [-0.39, 0.29) is 10.9 Å². The lowest BCUT2D eigenvalue weighted by Crippen LogP contribution is -2.15. The predicted molar refractivity (Wildman–Crippen MR) is 51.8 cm³/mol. The molecule has 0 atom stereocenters. The van der Waals surface area contributed by atoms with E-state index in [4.69, 9.17) is 5.73 Å². The summed E-state index contributed by atoms with van der Waals surface area (Å²) in [5.41, 5.74) is 3.66. The van der Waals surface area contributed by atoms with Crippen LogP contribution in [0.4, 0.5) is 19.0 Å². The first kappa shape index (κ1) is 10.5. The SMILES string of the molecule is Nc1nc(=O)[nH]c2cccc(C(F)(F)F)c12. The highest BCUT2D eigenvalue weighted by Gasteiger charge is 2.33. The molecular weight excluding hydrogens is 223 g/mol. The number of fused-ring (bicyclic) bond motifs is 1. The van der Waals surface area contributed by atoms with Crippen LogP contribution in [0, 0.1) is 0 Å². The highest BCUT2D eigenvalue weighted by molar-refractivity contribution is 5.91. The lowest BCUT2D eigenvalue weighted by molar-refractivity contribution is -0.136. The number of nitrogen functional groups attached to an aromatic ring is 1. The number of alkyl halides is 3. The Hall–Kier alpha value is -2.05. The van der Waals surface area contributed by atoms with Crippen molar-refractivity contribution < 1.29 is 13.2 Å². The molecule has 2 aromatic rings. The number of nitrogens with one attached hydrogen (secondary N) is 1. The molecule has 0 amide bonds. The van der Waals surface area contributed by atoms with Gasteiger partial charge in [-0.1, -0.05) is 6.07 Å². The van der Waals surface area contributed by atoms with Crippen LogP contribution in [0.5, 0.6) is 0 Å². The molecule has 0 saturated heterocycles.